The monoisotopic (exact) mass is 228 g/mol. The van der Waals surface area contributed by atoms with Crippen molar-refractivity contribution in [3.63, 3.8) is 0 Å². The van der Waals surface area contributed by atoms with Crippen LogP contribution in [-0.4, -0.2) is 11.1 Å². The zero-order valence-electron chi connectivity index (χ0n) is 7.32. The number of carboxylic acids is 1. The molecule has 2 aromatic rings. The van der Waals surface area contributed by atoms with Crippen LogP contribution in [0.25, 0.3) is 11.2 Å². The first-order valence-corrected chi connectivity index (χ1v) is 4.38. The zero-order chi connectivity index (χ0) is 11.0. The maximum atomic E-state index is 10.8. The minimum Gasteiger partial charge on any atom is -0.481 e. The molecular weight excluding hydrogens is 224 g/mol. The Bertz CT molecular complexity index is 580. The SMILES string of the molecule is O=C(O)Cc1ccc2oc(=O)oc2c1Cl. The minimum atomic E-state index is -1.01. The molecule has 1 aromatic heterocycles. The van der Waals surface area contributed by atoms with E-state index in [0.717, 1.165) is 0 Å². The van der Waals surface area contributed by atoms with E-state index < -0.39 is 11.8 Å². The molecular formula is C9H5ClO5. The van der Waals surface area contributed by atoms with Crippen LogP contribution in [0.5, 0.6) is 0 Å². The lowest BCUT2D eigenvalue weighted by Crippen LogP contribution is -2.00. The number of rotatable bonds is 2. The first kappa shape index (κ1) is 9.79. The number of benzene rings is 1. The predicted molar refractivity (Wildman–Crippen MR) is 51.1 cm³/mol. The lowest BCUT2D eigenvalue weighted by Gasteiger charge is -1.99. The molecule has 6 heteroatoms. The fraction of sp³-hybridized carbons (Fsp3) is 0.111. The standard InChI is InChI=1S/C9H5ClO5/c10-7-4(3-6(11)12)1-2-5-8(7)15-9(13)14-5/h1-2H,3H2,(H,11,12). The van der Waals surface area contributed by atoms with Gasteiger partial charge in [-0.05, 0) is 11.6 Å². The van der Waals surface area contributed by atoms with Crippen LogP contribution < -0.4 is 5.82 Å². The topological polar surface area (TPSA) is 80.6 Å². The lowest BCUT2D eigenvalue weighted by atomic mass is 10.1. The summed E-state index contributed by atoms with van der Waals surface area (Å²) >= 11 is 5.84. The highest BCUT2D eigenvalue weighted by Gasteiger charge is 2.13. The van der Waals surface area contributed by atoms with E-state index in [4.69, 9.17) is 16.7 Å². The van der Waals surface area contributed by atoms with Gasteiger partial charge in [-0.3, -0.25) is 4.79 Å². The average molecular weight is 229 g/mol. The molecule has 78 valence electrons. The summed E-state index contributed by atoms with van der Waals surface area (Å²) in [4.78, 5) is 21.3. The Labute approximate surface area is 87.9 Å². The van der Waals surface area contributed by atoms with E-state index in [-0.39, 0.29) is 22.6 Å². The van der Waals surface area contributed by atoms with Gasteiger partial charge in [0.25, 0.3) is 0 Å². The normalized spacial score (nSPS) is 10.7. The highest BCUT2D eigenvalue weighted by molar-refractivity contribution is 6.35. The third-order valence-electron chi connectivity index (χ3n) is 1.86. The Morgan fingerprint density at radius 2 is 2.13 bits per heavy atom. The van der Waals surface area contributed by atoms with Gasteiger partial charge in [0.15, 0.2) is 11.2 Å². The molecule has 0 unspecified atom stereocenters. The number of hydrogen-bond donors (Lipinski definition) is 1. The highest BCUT2D eigenvalue weighted by Crippen LogP contribution is 2.26. The molecule has 5 nitrogen and oxygen atoms in total. The summed E-state index contributed by atoms with van der Waals surface area (Å²) in [6.07, 6.45) is -0.232. The van der Waals surface area contributed by atoms with Crippen molar-refractivity contribution in [2.75, 3.05) is 0 Å². The number of carbonyl (C=O) groups is 1. The average Bonchev–Trinajstić information content (AvgIpc) is 2.51. The second-order valence-electron chi connectivity index (χ2n) is 2.89. The first-order valence-electron chi connectivity index (χ1n) is 4.01. The van der Waals surface area contributed by atoms with Gasteiger partial charge in [-0.25, -0.2) is 4.79 Å². The van der Waals surface area contributed by atoms with Crippen LogP contribution in [0, 0.1) is 0 Å². The fourth-order valence-electron chi connectivity index (χ4n) is 1.25. The maximum absolute atomic E-state index is 10.8. The van der Waals surface area contributed by atoms with E-state index in [1.165, 1.54) is 12.1 Å². The number of halogens is 1. The van der Waals surface area contributed by atoms with Gasteiger partial charge in [0.1, 0.15) is 0 Å². The van der Waals surface area contributed by atoms with Crippen molar-refractivity contribution in [2.24, 2.45) is 0 Å². The Balaban J connectivity index is 2.64. The van der Waals surface area contributed by atoms with Crippen molar-refractivity contribution >= 4 is 28.7 Å². The molecule has 0 aliphatic heterocycles. The summed E-state index contributed by atoms with van der Waals surface area (Å²) < 4.78 is 9.33. The third-order valence-corrected chi connectivity index (χ3v) is 2.28. The lowest BCUT2D eigenvalue weighted by molar-refractivity contribution is -0.136. The van der Waals surface area contributed by atoms with Gasteiger partial charge >= 0.3 is 11.8 Å². The van der Waals surface area contributed by atoms with E-state index >= 15 is 0 Å². The summed E-state index contributed by atoms with van der Waals surface area (Å²) in [5, 5.41) is 8.69. The van der Waals surface area contributed by atoms with Gasteiger partial charge in [0.2, 0.25) is 0 Å². The molecule has 0 aliphatic rings. The Morgan fingerprint density at radius 1 is 1.40 bits per heavy atom. The van der Waals surface area contributed by atoms with Gasteiger partial charge in [-0.1, -0.05) is 17.7 Å². The van der Waals surface area contributed by atoms with Crippen LogP contribution in [0.1, 0.15) is 5.56 Å². The van der Waals surface area contributed by atoms with Crippen molar-refractivity contribution in [3.8, 4) is 0 Å². The van der Waals surface area contributed by atoms with Gasteiger partial charge in [-0.2, -0.15) is 0 Å². The largest absolute Gasteiger partial charge is 0.519 e. The summed E-state index contributed by atoms with van der Waals surface area (Å²) in [6, 6.07) is 2.93. The molecule has 2 rings (SSSR count). The van der Waals surface area contributed by atoms with E-state index in [1.54, 1.807) is 0 Å². The van der Waals surface area contributed by atoms with E-state index in [9.17, 15) is 9.59 Å². The Morgan fingerprint density at radius 3 is 2.80 bits per heavy atom. The molecule has 0 aliphatic carbocycles. The first-order chi connectivity index (χ1) is 7.08. The van der Waals surface area contributed by atoms with E-state index in [1.807, 2.05) is 0 Å². The molecule has 0 saturated heterocycles. The summed E-state index contributed by atoms with van der Waals surface area (Å²) in [6.45, 7) is 0. The van der Waals surface area contributed by atoms with Crippen LogP contribution >= 0.6 is 11.6 Å². The molecule has 1 N–H and O–H groups in total. The summed E-state index contributed by atoms with van der Waals surface area (Å²) in [7, 11) is 0. The van der Waals surface area contributed by atoms with Crippen LogP contribution in [0.15, 0.2) is 25.8 Å². The summed E-state index contributed by atoms with van der Waals surface area (Å²) in [5.41, 5.74) is 0.667. The number of carboxylic acid groups (broad SMARTS) is 1. The van der Waals surface area contributed by atoms with Gasteiger partial charge in [0, 0.05) is 0 Å². The van der Waals surface area contributed by atoms with Crippen LogP contribution in [0.2, 0.25) is 5.02 Å². The van der Waals surface area contributed by atoms with Gasteiger partial charge < -0.3 is 13.9 Å². The van der Waals surface area contributed by atoms with Crippen LogP contribution in [0.4, 0.5) is 0 Å². The smallest absolute Gasteiger partial charge is 0.481 e. The molecule has 0 amide bonds. The van der Waals surface area contributed by atoms with Crippen molar-refractivity contribution in [3.05, 3.63) is 33.3 Å². The second-order valence-corrected chi connectivity index (χ2v) is 3.27. The highest BCUT2D eigenvalue weighted by atomic mass is 35.5. The Hall–Kier alpha value is -1.75. The summed E-state index contributed by atoms with van der Waals surface area (Å²) in [5.74, 6) is -1.87. The van der Waals surface area contributed by atoms with Crippen LogP contribution in [0.3, 0.4) is 0 Å². The van der Waals surface area contributed by atoms with Crippen molar-refractivity contribution < 1.29 is 18.7 Å². The molecule has 0 atom stereocenters. The number of hydrogen-bond acceptors (Lipinski definition) is 4. The van der Waals surface area contributed by atoms with Crippen molar-refractivity contribution in [2.45, 2.75) is 6.42 Å². The molecule has 0 spiro atoms. The molecule has 1 heterocycles. The van der Waals surface area contributed by atoms with Crippen molar-refractivity contribution in [1.29, 1.82) is 0 Å². The molecule has 0 bridgehead atoms. The molecule has 0 saturated carbocycles. The maximum Gasteiger partial charge on any atom is 0.519 e. The zero-order valence-corrected chi connectivity index (χ0v) is 8.08. The Kier molecular flexibility index (Phi) is 2.24. The minimum absolute atomic E-state index is 0.0837. The quantitative estimate of drug-likeness (QED) is 0.846. The van der Waals surface area contributed by atoms with Gasteiger partial charge in [0.05, 0.1) is 11.4 Å². The molecule has 1 aromatic carbocycles. The van der Waals surface area contributed by atoms with Gasteiger partial charge in [-0.15, -0.1) is 0 Å². The number of fused-ring (bicyclic) bond motifs is 1. The second kappa shape index (κ2) is 3.43. The third kappa shape index (κ3) is 1.73. The van der Waals surface area contributed by atoms with Crippen LogP contribution in [-0.2, 0) is 11.2 Å². The molecule has 15 heavy (non-hydrogen) atoms. The van der Waals surface area contributed by atoms with Crippen molar-refractivity contribution in [1.82, 2.24) is 0 Å². The molecule has 0 radical (unpaired) electrons. The number of aliphatic carboxylic acids is 1. The van der Waals surface area contributed by atoms with E-state index in [2.05, 4.69) is 8.83 Å². The fourth-order valence-corrected chi connectivity index (χ4v) is 1.51. The van der Waals surface area contributed by atoms with E-state index in [0.29, 0.717) is 5.56 Å². The predicted octanol–water partition coefficient (Wildman–Crippen LogP) is 1.67. The molecule has 0 fully saturated rings.